The number of methoxy groups -OCH3 is 1. The molecule has 0 bridgehead atoms. The molecule has 2 aromatic rings. The lowest BCUT2D eigenvalue weighted by Gasteiger charge is -2.34. The summed E-state index contributed by atoms with van der Waals surface area (Å²) in [6, 6.07) is 11.3. The molecule has 1 unspecified atom stereocenters. The Balaban J connectivity index is 0.000000261. The summed E-state index contributed by atoms with van der Waals surface area (Å²) in [4.78, 5) is 24.7. The maximum atomic E-state index is 12.7. The SMILES string of the molecule is CC(C)(C)OC(=O)N1CCCC(COc2ccc3c(c2)OCO3)C1.COC(=O)c1ccccc1F. The molecule has 0 aliphatic carbocycles. The summed E-state index contributed by atoms with van der Waals surface area (Å²) in [7, 11) is 1.22. The van der Waals surface area contributed by atoms with E-state index in [4.69, 9.17) is 18.9 Å². The van der Waals surface area contributed by atoms with Gasteiger partial charge in [0.25, 0.3) is 0 Å². The van der Waals surface area contributed by atoms with E-state index in [0.29, 0.717) is 24.8 Å². The van der Waals surface area contributed by atoms with Gasteiger partial charge in [-0.2, -0.15) is 0 Å². The van der Waals surface area contributed by atoms with Crippen molar-refractivity contribution in [2.75, 3.05) is 33.6 Å². The van der Waals surface area contributed by atoms with E-state index in [1.807, 2.05) is 39.0 Å². The Kier molecular flexibility index (Phi) is 8.78. The number of likely N-dealkylation sites (tertiary alicyclic amines) is 1. The molecular formula is C26H32FNO7. The lowest BCUT2D eigenvalue weighted by molar-refractivity contribution is 0.0139. The fourth-order valence-corrected chi connectivity index (χ4v) is 3.61. The highest BCUT2D eigenvalue weighted by Crippen LogP contribution is 2.35. The number of carbonyl (C=O) groups excluding carboxylic acids is 2. The van der Waals surface area contributed by atoms with Crippen LogP contribution in [0.3, 0.4) is 0 Å². The van der Waals surface area contributed by atoms with Gasteiger partial charge in [0.15, 0.2) is 11.5 Å². The Hall–Kier alpha value is -3.49. The van der Waals surface area contributed by atoms with Gasteiger partial charge in [-0.3, -0.25) is 0 Å². The van der Waals surface area contributed by atoms with Crippen LogP contribution in [0.4, 0.5) is 9.18 Å². The summed E-state index contributed by atoms with van der Waals surface area (Å²) in [5, 5.41) is 0. The third kappa shape index (κ3) is 7.77. The highest BCUT2D eigenvalue weighted by atomic mass is 19.1. The van der Waals surface area contributed by atoms with Crippen molar-refractivity contribution in [1.29, 1.82) is 0 Å². The van der Waals surface area contributed by atoms with Gasteiger partial charge in [-0.05, 0) is 57.9 Å². The van der Waals surface area contributed by atoms with Crippen LogP contribution >= 0.6 is 0 Å². The Morgan fingerprint density at radius 3 is 2.57 bits per heavy atom. The molecule has 1 saturated heterocycles. The van der Waals surface area contributed by atoms with Crippen LogP contribution in [0.2, 0.25) is 0 Å². The Morgan fingerprint density at radius 1 is 1.11 bits per heavy atom. The first-order valence-electron chi connectivity index (χ1n) is 11.5. The van der Waals surface area contributed by atoms with E-state index >= 15 is 0 Å². The van der Waals surface area contributed by atoms with E-state index in [9.17, 15) is 14.0 Å². The number of fused-ring (bicyclic) bond motifs is 1. The first-order valence-corrected chi connectivity index (χ1v) is 11.5. The topological polar surface area (TPSA) is 83.5 Å². The van der Waals surface area contributed by atoms with Crippen molar-refractivity contribution in [3.05, 3.63) is 53.8 Å². The first-order chi connectivity index (χ1) is 16.7. The molecule has 2 aliphatic heterocycles. The summed E-state index contributed by atoms with van der Waals surface area (Å²) in [6.07, 6.45) is 1.77. The molecule has 0 N–H and O–H groups in total. The second-order valence-electron chi connectivity index (χ2n) is 9.23. The summed E-state index contributed by atoms with van der Waals surface area (Å²) >= 11 is 0. The molecule has 2 heterocycles. The van der Waals surface area contributed by atoms with Gasteiger partial charge in [-0.15, -0.1) is 0 Å². The molecule has 1 fully saturated rings. The van der Waals surface area contributed by atoms with Crippen molar-refractivity contribution in [3.63, 3.8) is 0 Å². The van der Waals surface area contributed by atoms with E-state index in [0.717, 1.165) is 30.9 Å². The van der Waals surface area contributed by atoms with Crippen LogP contribution in [-0.2, 0) is 9.47 Å². The van der Waals surface area contributed by atoms with Crippen LogP contribution in [0.1, 0.15) is 44.0 Å². The van der Waals surface area contributed by atoms with Crippen molar-refractivity contribution in [3.8, 4) is 17.2 Å². The average molecular weight is 490 g/mol. The normalized spacial score (nSPS) is 16.6. The molecule has 0 spiro atoms. The maximum absolute atomic E-state index is 12.7. The molecule has 4 rings (SSSR count). The lowest BCUT2D eigenvalue weighted by Crippen LogP contribution is -2.44. The number of nitrogens with zero attached hydrogens (tertiary/aromatic N) is 1. The zero-order chi connectivity index (χ0) is 25.4. The molecule has 0 radical (unpaired) electrons. The van der Waals surface area contributed by atoms with E-state index in [1.54, 1.807) is 11.0 Å². The average Bonchev–Trinajstić information content (AvgIpc) is 3.30. The summed E-state index contributed by atoms with van der Waals surface area (Å²) in [6.45, 7) is 7.89. The van der Waals surface area contributed by atoms with E-state index in [2.05, 4.69) is 4.74 Å². The molecule has 9 heteroatoms. The second-order valence-corrected chi connectivity index (χ2v) is 9.23. The lowest BCUT2D eigenvalue weighted by atomic mass is 9.99. The molecule has 0 saturated carbocycles. The van der Waals surface area contributed by atoms with Crippen molar-refractivity contribution >= 4 is 12.1 Å². The first kappa shape index (κ1) is 26.1. The Bertz CT molecular complexity index is 1020. The largest absolute Gasteiger partial charge is 0.493 e. The molecular weight excluding hydrogens is 457 g/mol. The molecule has 2 aliphatic rings. The fourth-order valence-electron chi connectivity index (χ4n) is 3.61. The monoisotopic (exact) mass is 489 g/mol. The minimum absolute atomic E-state index is 0.0324. The summed E-state index contributed by atoms with van der Waals surface area (Å²) < 4.78 is 39.1. The molecule has 1 amide bonds. The molecule has 35 heavy (non-hydrogen) atoms. The second kappa shape index (κ2) is 11.8. The van der Waals surface area contributed by atoms with E-state index in [1.165, 1.54) is 25.3 Å². The Morgan fingerprint density at radius 2 is 1.86 bits per heavy atom. The van der Waals surface area contributed by atoms with Gasteiger partial charge in [-0.25, -0.2) is 14.0 Å². The van der Waals surface area contributed by atoms with Crippen LogP contribution < -0.4 is 14.2 Å². The number of piperidine rings is 1. The smallest absolute Gasteiger partial charge is 0.410 e. The maximum Gasteiger partial charge on any atom is 0.410 e. The van der Waals surface area contributed by atoms with Crippen LogP contribution in [0.5, 0.6) is 17.2 Å². The van der Waals surface area contributed by atoms with Crippen LogP contribution in [0.15, 0.2) is 42.5 Å². The third-order valence-corrected chi connectivity index (χ3v) is 5.28. The van der Waals surface area contributed by atoms with Crippen LogP contribution in [-0.4, -0.2) is 56.2 Å². The van der Waals surface area contributed by atoms with E-state index < -0.39 is 17.4 Å². The fraction of sp³-hybridized carbons (Fsp3) is 0.462. The number of benzene rings is 2. The number of rotatable bonds is 4. The number of amides is 1. The molecule has 1 atom stereocenters. The standard InChI is InChI=1S/C18H25NO5.C8H7FO2/c1-18(2,3)24-17(20)19-8-4-5-13(10-19)11-21-14-6-7-15-16(9-14)23-12-22-15;1-11-8(10)6-4-2-3-5-7(6)9/h6-7,9,13H,4-5,8,10-12H2,1-3H3;2-5H,1H3. The van der Waals surface area contributed by atoms with Gasteiger partial charge >= 0.3 is 12.1 Å². The number of hydrogen-bond donors (Lipinski definition) is 0. The number of hydrogen-bond acceptors (Lipinski definition) is 7. The number of halogens is 1. The predicted molar refractivity (Wildman–Crippen MR) is 126 cm³/mol. The van der Waals surface area contributed by atoms with Gasteiger partial charge in [-0.1, -0.05) is 12.1 Å². The zero-order valence-electron chi connectivity index (χ0n) is 20.5. The minimum Gasteiger partial charge on any atom is -0.493 e. The quantitative estimate of drug-likeness (QED) is 0.556. The van der Waals surface area contributed by atoms with Gasteiger partial charge < -0.3 is 28.6 Å². The van der Waals surface area contributed by atoms with Crippen molar-refractivity contribution in [2.45, 2.75) is 39.2 Å². The van der Waals surface area contributed by atoms with Crippen molar-refractivity contribution in [2.24, 2.45) is 5.92 Å². The van der Waals surface area contributed by atoms with Gasteiger partial charge in [0, 0.05) is 25.1 Å². The van der Waals surface area contributed by atoms with Gasteiger partial charge in [0.2, 0.25) is 6.79 Å². The predicted octanol–water partition coefficient (Wildman–Crippen LogP) is 5.05. The highest BCUT2D eigenvalue weighted by Gasteiger charge is 2.28. The third-order valence-electron chi connectivity index (χ3n) is 5.28. The van der Waals surface area contributed by atoms with Crippen LogP contribution in [0.25, 0.3) is 0 Å². The van der Waals surface area contributed by atoms with Gasteiger partial charge in [0.1, 0.15) is 17.2 Å². The summed E-state index contributed by atoms with van der Waals surface area (Å²) in [5.74, 6) is 1.32. The number of carbonyl (C=O) groups is 2. The number of ether oxygens (including phenoxy) is 5. The zero-order valence-corrected chi connectivity index (χ0v) is 20.5. The molecule has 190 valence electrons. The van der Waals surface area contributed by atoms with Gasteiger partial charge in [0.05, 0.1) is 19.3 Å². The van der Waals surface area contributed by atoms with Crippen LogP contribution in [0, 0.1) is 11.7 Å². The molecule has 0 aromatic heterocycles. The van der Waals surface area contributed by atoms with Crippen molar-refractivity contribution < 1.29 is 37.7 Å². The Labute approximate surface area is 204 Å². The summed E-state index contributed by atoms with van der Waals surface area (Å²) in [5.41, 5.74) is -0.498. The van der Waals surface area contributed by atoms with Crippen molar-refractivity contribution in [1.82, 2.24) is 4.90 Å². The minimum atomic E-state index is -0.650. The molecule has 8 nitrogen and oxygen atoms in total. The van der Waals surface area contributed by atoms with E-state index in [-0.39, 0.29) is 18.4 Å². The number of esters is 1. The highest BCUT2D eigenvalue weighted by molar-refractivity contribution is 5.89. The molecule has 2 aromatic carbocycles.